The third-order valence-electron chi connectivity index (χ3n) is 1.86. The van der Waals surface area contributed by atoms with E-state index < -0.39 is 0 Å². The van der Waals surface area contributed by atoms with Crippen LogP contribution in [0.25, 0.3) is 0 Å². The number of rotatable bonds is 9. The third kappa shape index (κ3) is 8.17. The Kier molecular flexibility index (Phi) is 9.80. The summed E-state index contributed by atoms with van der Waals surface area (Å²) in [5.74, 6) is 0.0967. The largest absolute Gasteiger partial charge is 0.360 e. The second kappa shape index (κ2) is 9.92. The predicted octanol–water partition coefficient (Wildman–Crippen LogP) is 0.316. The molecule has 0 spiro atoms. The van der Waals surface area contributed by atoms with Crippen molar-refractivity contribution in [2.45, 2.75) is 18.4 Å². The number of methoxy groups -OCH3 is 2. The predicted molar refractivity (Wildman–Crippen MR) is 58.8 cm³/mol. The quantitative estimate of drug-likeness (QED) is 0.253. The van der Waals surface area contributed by atoms with Gasteiger partial charge >= 0.3 is 0 Å². The maximum absolute atomic E-state index is 5.13. The lowest BCUT2D eigenvalue weighted by molar-refractivity contribution is -0.0441. The summed E-state index contributed by atoms with van der Waals surface area (Å²) < 4.78 is 10.3. The lowest BCUT2D eigenvalue weighted by atomic mass is 10.4. The zero-order valence-electron chi connectivity index (χ0n) is 8.71. The lowest BCUT2D eigenvalue weighted by Gasteiger charge is -2.12. The van der Waals surface area contributed by atoms with Gasteiger partial charge in [0, 0.05) is 20.8 Å². The molecule has 0 aliphatic heterocycles. The first-order valence-electron chi connectivity index (χ1n) is 4.72. The highest BCUT2D eigenvalue weighted by atomic mass is 28.2. The fourth-order valence-electron chi connectivity index (χ4n) is 1.10. The van der Waals surface area contributed by atoms with Crippen LogP contribution in [-0.2, 0) is 9.47 Å². The van der Waals surface area contributed by atoms with Crippen LogP contribution >= 0.6 is 0 Å². The van der Waals surface area contributed by atoms with Crippen molar-refractivity contribution in [3.63, 3.8) is 0 Å². The van der Waals surface area contributed by atoms with Crippen LogP contribution in [0.15, 0.2) is 12.7 Å². The molecule has 0 rings (SSSR count). The standard InChI is InChI=1S/C9H21NO2Si/c1-4-6-10-7-5-8-13-9(11-2)12-3/h4,9-10H,1,5-8,13H2,2-3H3. The van der Waals surface area contributed by atoms with Crippen LogP contribution in [0.3, 0.4) is 0 Å². The van der Waals surface area contributed by atoms with Crippen molar-refractivity contribution < 1.29 is 9.47 Å². The van der Waals surface area contributed by atoms with Gasteiger partial charge in [-0.25, -0.2) is 0 Å². The number of hydrogen-bond acceptors (Lipinski definition) is 3. The van der Waals surface area contributed by atoms with Gasteiger partial charge in [-0.05, 0) is 13.0 Å². The molecule has 0 aromatic carbocycles. The molecule has 0 aliphatic rings. The van der Waals surface area contributed by atoms with Gasteiger partial charge in [0.05, 0.1) is 9.52 Å². The van der Waals surface area contributed by atoms with Crippen LogP contribution in [-0.4, -0.2) is 42.7 Å². The van der Waals surface area contributed by atoms with Gasteiger partial charge < -0.3 is 14.8 Å². The van der Waals surface area contributed by atoms with E-state index in [0.717, 1.165) is 13.1 Å². The molecule has 0 radical (unpaired) electrons. The van der Waals surface area contributed by atoms with Crippen LogP contribution < -0.4 is 5.32 Å². The van der Waals surface area contributed by atoms with Crippen molar-refractivity contribution in [3.05, 3.63) is 12.7 Å². The van der Waals surface area contributed by atoms with Gasteiger partial charge in [-0.15, -0.1) is 6.58 Å². The van der Waals surface area contributed by atoms with Gasteiger partial charge in [-0.3, -0.25) is 0 Å². The zero-order chi connectivity index (χ0) is 9.94. The van der Waals surface area contributed by atoms with Crippen LogP contribution in [0.1, 0.15) is 6.42 Å². The lowest BCUT2D eigenvalue weighted by Crippen LogP contribution is -2.22. The molecule has 0 saturated carbocycles. The van der Waals surface area contributed by atoms with Crippen molar-refractivity contribution >= 4 is 9.52 Å². The monoisotopic (exact) mass is 203 g/mol. The summed E-state index contributed by atoms with van der Waals surface area (Å²) in [5, 5.41) is 3.27. The highest BCUT2D eigenvalue weighted by Gasteiger charge is 2.03. The Labute approximate surface area is 83.3 Å². The summed E-state index contributed by atoms with van der Waals surface area (Å²) in [6.45, 7) is 5.61. The Morgan fingerprint density at radius 1 is 1.46 bits per heavy atom. The van der Waals surface area contributed by atoms with Crippen molar-refractivity contribution in [1.29, 1.82) is 0 Å². The van der Waals surface area contributed by atoms with Gasteiger partial charge in [-0.2, -0.15) is 0 Å². The molecule has 78 valence electrons. The first-order chi connectivity index (χ1) is 6.35. The van der Waals surface area contributed by atoms with Crippen molar-refractivity contribution in [1.82, 2.24) is 5.32 Å². The number of ether oxygens (including phenoxy) is 2. The van der Waals surface area contributed by atoms with Crippen LogP contribution in [0.2, 0.25) is 6.04 Å². The number of hydrogen-bond donors (Lipinski definition) is 1. The molecule has 4 heteroatoms. The zero-order valence-corrected chi connectivity index (χ0v) is 10.1. The van der Waals surface area contributed by atoms with E-state index in [4.69, 9.17) is 9.47 Å². The van der Waals surface area contributed by atoms with E-state index in [1.807, 2.05) is 6.08 Å². The molecule has 0 unspecified atom stereocenters. The molecule has 1 N–H and O–H groups in total. The Morgan fingerprint density at radius 2 is 2.15 bits per heavy atom. The van der Waals surface area contributed by atoms with Crippen LogP contribution in [0.4, 0.5) is 0 Å². The van der Waals surface area contributed by atoms with Gasteiger partial charge in [0.1, 0.15) is 5.91 Å². The maximum atomic E-state index is 5.13. The van der Waals surface area contributed by atoms with Gasteiger partial charge in [0.25, 0.3) is 0 Å². The second-order valence-electron chi connectivity index (χ2n) is 2.89. The molecular weight excluding hydrogens is 182 g/mol. The molecule has 13 heavy (non-hydrogen) atoms. The average Bonchev–Trinajstić information content (AvgIpc) is 2.17. The molecule has 0 aromatic rings. The molecule has 0 atom stereocenters. The first-order valence-corrected chi connectivity index (χ1v) is 6.54. The Hall–Kier alpha value is -0.163. The molecule has 0 aliphatic carbocycles. The molecule has 0 heterocycles. The topological polar surface area (TPSA) is 30.5 Å². The minimum atomic E-state index is -0.219. The van der Waals surface area contributed by atoms with E-state index >= 15 is 0 Å². The molecular formula is C9H21NO2Si. The minimum absolute atomic E-state index is 0.0967. The SMILES string of the molecule is C=CCNCCC[SiH2]C(OC)OC. The summed E-state index contributed by atoms with van der Waals surface area (Å²) in [6.07, 6.45) is 3.09. The van der Waals surface area contributed by atoms with E-state index in [2.05, 4.69) is 11.9 Å². The summed E-state index contributed by atoms with van der Waals surface area (Å²) in [6, 6.07) is 1.26. The highest BCUT2D eigenvalue weighted by Crippen LogP contribution is 1.95. The van der Waals surface area contributed by atoms with Crippen molar-refractivity contribution in [2.24, 2.45) is 0 Å². The smallest absolute Gasteiger partial charge is 0.134 e. The van der Waals surface area contributed by atoms with E-state index in [1.54, 1.807) is 14.2 Å². The normalized spacial score (nSPS) is 11.6. The van der Waals surface area contributed by atoms with Gasteiger partial charge in [-0.1, -0.05) is 12.1 Å². The van der Waals surface area contributed by atoms with Crippen molar-refractivity contribution in [3.8, 4) is 0 Å². The molecule has 0 aromatic heterocycles. The Bertz CT molecular complexity index is 118. The van der Waals surface area contributed by atoms with Gasteiger partial charge in [0.15, 0.2) is 0 Å². The van der Waals surface area contributed by atoms with E-state index in [0.29, 0.717) is 0 Å². The van der Waals surface area contributed by atoms with E-state index in [9.17, 15) is 0 Å². The third-order valence-corrected chi connectivity index (χ3v) is 3.90. The average molecular weight is 203 g/mol. The molecule has 0 amide bonds. The van der Waals surface area contributed by atoms with E-state index in [-0.39, 0.29) is 15.4 Å². The fourth-order valence-corrected chi connectivity index (χ4v) is 2.44. The van der Waals surface area contributed by atoms with E-state index in [1.165, 1.54) is 12.5 Å². The summed E-state index contributed by atoms with van der Waals surface area (Å²) in [7, 11) is 3.19. The molecule has 0 bridgehead atoms. The molecule has 0 fully saturated rings. The second-order valence-corrected chi connectivity index (χ2v) is 4.84. The first kappa shape index (κ1) is 12.8. The fraction of sp³-hybridized carbons (Fsp3) is 0.778. The Morgan fingerprint density at radius 3 is 2.69 bits per heavy atom. The summed E-state index contributed by atoms with van der Waals surface area (Å²) in [5.41, 5.74) is 0. The van der Waals surface area contributed by atoms with Gasteiger partial charge in [0.2, 0.25) is 0 Å². The summed E-state index contributed by atoms with van der Waals surface area (Å²) >= 11 is 0. The van der Waals surface area contributed by atoms with Crippen LogP contribution in [0, 0.1) is 0 Å². The number of nitrogens with one attached hydrogen (secondary N) is 1. The molecule has 3 nitrogen and oxygen atoms in total. The van der Waals surface area contributed by atoms with Crippen molar-refractivity contribution in [2.75, 3.05) is 27.3 Å². The summed E-state index contributed by atoms with van der Waals surface area (Å²) in [4.78, 5) is 0. The minimum Gasteiger partial charge on any atom is -0.360 e. The van der Waals surface area contributed by atoms with Crippen LogP contribution in [0.5, 0.6) is 0 Å². The highest BCUT2D eigenvalue weighted by molar-refractivity contribution is 6.36. The Balaban J connectivity index is 3.09. The molecule has 0 saturated heterocycles. The maximum Gasteiger partial charge on any atom is 0.134 e.